The van der Waals surface area contributed by atoms with E-state index in [4.69, 9.17) is 14.2 Å². The van der Waals surface area contributed by atoms with Crippen LogP contribution in [-0.2, 0) is 0 Å². The van der Waals surface area contributed by atoms with Gasteiger partial charge in [-0.3, -0.25) is 9.36 Å². The molecule has 4 aromatic rings. The first-order chi connectivity index (χ1) is 16.4. The summed E-state index contributed by atoms with van der Waals surface area (Å²) in [7, 11) is 4.51. The molecule has 1 aromatic heterocycles. The van der Waals surface area contributed by atoms with Gasteiger partial charge >= 0.3 is 6.03 Å². The third-order valence-corrected chi connectivity index (χ3v) is 5.25. The number of urea groups is 1. The van der Waals surface area contributed by atoms with Crippen molar-refractivity contribution in [2.75, 3.05) is 32.0 Å². The summed E-state index contributed by atoms with van der Waals surface area (Å²) in [4.78, 5) is 30.0. The number of carbonyl (C=O) groups excluding carboxylic acids is 1. The van der Waals surface area contributed by atoms with Crippen molar-refractivity contribution in [2.45, 2.75) is 6.92 Å². The molecule has 3 aromatic carbocycles. The molecular formula is C25H24N4O5. The second-order valence-electron chi connectivity index (χ2n) is 7.36. The molecule has 34 heavy (non-hydrogen) atoms. The van der Waals surface area contributed by atoms with Crippen LogP contribution in [0.3, 0.4) is 0 Å². The van der Waals surface area contributed by atoms with Crippen LogP contribution in [0.2, 0.25) is 0 Å². The average Bonchev–Trinajstić information content (AvgIpc) is 2.84. The van der Waals surface area contributed by atoms with Crippen LogP contribution in [0.15, 0.2) is 65.5 Å². The number of nitrogens with one attached hydrogen (secondary N) is 2. The molecule has 0 spiro atoms. The number of methoxy groups -OCH3 is 3. The van der Waals surface area contributed by atoms with Crippen LogP contribution in [-0.4, -0.2) is 36.9 Å². The molecule has 0 unspecified atom stereocenters. The molecule has 0 atom stereocenters. The van der Waals surface area contributed by atoms with Crippen molar-refractivity contribution in [2.24, 2.45) is 0 Å². The van der Waals surface area contributed by atoms with Crippen molar-refractivity contribution < 1.29 is 19.0 Å². The molecule has 0 fully saturated rings. The average molecular weight is 460 g/mol. The van der Waals surface area contributed by atoms with Crippen LogP contribution in [0, 0.1) is 6.92 Å². The third kappa shape index (κ3) is 4.36. The lowest BCUT2D eigenvalue weighted by Crippen LogP contribution is -2.22. The normalized spacial score (nSPS) is 10.6. The van der Waals surface area contributed by atoms with Gasteiger partial charge < -0.3 is 24.8 Å². The van der Waals surface area contributed by atoms with E-state index in [0.29, 0.717) is 51.0 Å². The maximum atomic E-state index is 13.0. The lowest BCUT2D eigenvalue weighted by Gasteiger charge is -2.15. The number of ether oxygens (including phenoxy) is 3. The number of nitrogens with zero attached hydrogens (tertiary/aromatic N) is 2. The monoisotopic (exact) mass is 460 g/mol. The van der Waals surface area contributed by atoms with E-state index >= 15 is 0 Å². The molecule has 0 aliphatic carbocycles. The standard InChI is InChI=1S/C25H24N4O5/c1-15-26-20-8-6-5-7-19(20)24(30)29(15)18-11-9-16(10-12-18)27-25(31)28-17-13-21(32-2)23(34-4)22(14-17)33-3/h5-14H,1-4H3,(H2,27,28,31). The number of benzene rings is 3. The lowest BCUT2D eigenvalue weighted by molar-refractivity contribution is 0.262. The topological polar surface area (TPSA) is 104 Å². The summed E-state index contributed by atoms with van der Waals surface area (Å²) in [5.41, 5.74) is 2.17. The molecular weight excluding hydrogens is 436 g/mol. The Labute approximate surface area is 195 Å². The van der Waals surface area contributed by atoms with E-state index in [2.05, 4.69) is 15.6 Å². The van der Waals surface area contributed by atoms with Crippen LogP contribution < -0.4 is 30.4 Å². The zero-order valence-corrected chi connectivity index (χ0v) is 19.2. The number of aromatic nitrogens is 2. The van der Waals surface area contributed by atoms with E-state index in [1.807, 2.05) is 18.2 Å². The van der Waals surface area contributed by atoms with Gasteiger partial charge in [-0.1, -0.05) is 12.1 Å². The number of rotatable bonds is 6. The van der Waals surface area contributed by atoms with Gasteiger partial charge in [0.1, 0.15) is 5.82 Å². The molecule has 0 aliphatic rings. The highest BCUT2D eigenvalue weighted by Gasteiger charge is 2.15. The second-order valence-corrected chi connectivity index (χ2v) is 7.36. The zero-order chi connectivity index (χ0) is 24.2. The number of amides is 2. The Morgan fingerprint density at radius 2 is 1.47 bits per heavy atom. The van der Waals surface area contributed by atoms with E-state index in [1.54, 1.807) is 54.0 Å². The third-order valence-electron chi connectivity index (χ3n) is 5.25. The number of carbonyl (C=O) groups is 1. The first kappa shape index (κ1) is 22.7. The lowest BCUT2D eigenvalue weighted by atomic mass is 10.2. The van der Waals surface area contributed by atoms with E-state index in [0.717, 1.165) is 0 Å². The van der Waals surface area contributed by atoms with E-state index < -0.39 is 6.03 Å². The van der Waals surface area contributed by atoms with Crippen LogP contribution in [0.25, 0.3) is 16.6 Å². The summed E-state index contributed by atoms with van der Waals surface area (Å²) in [5.74, 6) is 1.85. The minimum atomic E-state index is -0.456. The minimum absolute atomic E-state index is 0.149. The smallest absolute Gasteiger partial charge is 0.323 e. The Morgan fingerprint density at radius 1 is 0.853 bits per heavy atom. The zero-order valence-electron chi connectivity index (χ0n) is 19.2. The number of hydrogen-bond acceptors (Lipinski definition) is 6. The van der Waals surface area contributed by atoms with Gasteiger partial charge in [-0.05, 0) is 43.3 Å². The Balaban J connectivity index is 1.53. The van der Waals surface area contributed by atoms with Crippen molar-refractivity contribution in [3.63, 3.8) is 0 Å². The van der Waals surface area contributed by atoms with Crippen molar-refractivity contribution >= 4 is 28.3 Å². The number of aryl methyl sites for hydroxylation is 1. The first-order valence-electron chi connectivity index (χ1n) is 10.4. The Hall–Kier alpha value is -4.53. The van der Waals surface area contributed by atoms with Crippen LogP contribution >= 0.6 is 0 Å². The highest BCUT2D eigenvalue weighted by atomic mass is 16.5. The van der Waals surface area contributed by atoms with Crippen molar-refractivity contribution in [3.8, 4) is 22.9 Å². The summed E-state index contributed by atoms with van der Waals surface area (Å²) >= 11 is 0. The predicted molar refractivity (Wildman–Crippen MR) is 131 cm³/mol. The quantitative estimate of drug-likeness (QED) is 0.443. The Morgan fingerprint density at radius 3 is 2.09 bits per heavy atom. The van der Waals surface area contributed by atoms with Crippen LogP contribution in [0.5, 0.6) is 17.2 Å². The molecule has 2 amide bonds. The van der Waals surface area contributed by atoms with Gasteiger partial charge in [0.05, 0.1) is 43.6 Å². The first-order valence-corrected chi connectivity index (χ1v) is 10.4. The van der Waals surface area contributed by atoms with Gasteiger partial charge in [0.2, 0.25) is 5.75 Å². The van der Waals surface area contributed by atoms with Crippen LogP contribution in [0.4, 0.5) is 16.2 Å². The number of anilines is 2. The predicted octanol–water partition coefficient (Wildman–Crippen LogP) is 4.36. The Bertz CT molecular complexity index is 1390. The minimum Gasteiger partial charge on any atom is -0.493 e. The number of para-hydroxylation sites is 1. The van der Waals surface area contributed by atoms with E-state index in [1.165, 1.54) is 21.3 Å². The highest BCUT2D eigenvalue weighted by Crippen LogP contribution is 2.39. The molecule has 1 heterocycles. The fourth-order valence-electron chi connectivity index (χ4n) is 3.69. The number of hydrogen-bond donors (Lipinski definition) is 2. The van der Waals surface area contributed by atoms with Crippen molar-refractivity contribution in [3.05, 3.63) is 76.8 Å². The summed E-state index contributed by atoms with van der Waals surface area (Å²) in [6, 6.07) is 17.0. The molecule has 0 aliphatic heterocycles. The van der Waals surface area contributed by atoms with Crippen molar-refractivity contribution in [1.29, 1.82) is 0 Å². The summed E-state index contributed by atoms with van der Waals surface area (Å²) in [6.45, 7) is 1.78. The van der Waals surface area contributed by atoms with E-state index in [-0.39, 0.29) is 5.56 Å². The van der Waals surface area contributed by atoms with Gasteiger partial charge in [0.15, 0.2) is 11.5 Å². The molecule has 0 saturated carbocycles. The fraction of sp³-hybridized carbons (Fsp3) is 0.160. The van der Waals surface area contributed by atoms with Gasteiger partial charge in [0.25, 0.3) is 5.56 Å². The highest BCUT2D eigenvalue weighted by molar-refractivity contribution is 6.00. The molecule has 0 saturated heterocycles. The van der Waals surface area contributed by atoms with E-state index in [9.17, 15) is 9.59 Å². The summed E-state index contributed by atoms with van der Waals surface area (Å²) in [5, 5.41) is 6.05. The molecule has 9 nitrogen and oxygen atoms in total. The Kier molecular flexibility index (Phi) is 6.35. The van der Waals surface area contributed by atoms with Gasteiger partial charge in [0, 0.05) is 17.8 Å². The molecule has 4 rings (SSSR count). The SMILES string of the molecule is COc1cc(NC(=O)Nc2ccc(-n3c(C)nc4ccccc4c3=O)cc2)cc(OC)c1OC. The maximum absolute atomic E-state index is 13.0. The number of fused-ring (bicyclic) bond motifs is 1. The summed E-state index contributed by atoms with van der Waals surface area (Å²) < 4.78 is 17.5. The molecule has 9 heteroatoms. The fourth-order valence-corrected chi connectivity index (χ4v) is 3.69. The van der Waals surface area contributed by atoms with Gasteiger partial charge in [-0.2, -0.15) is 0 Å². The summed E-state index contributed by atoms with van der Waals surface area (Å²) in [6.07, 6.45) is 0. The molecule has 2 N–H and O–H groups in total. The maximum Gasteiger partial charge on any atom is 0.323 e. The second kappa shape index (κ2) is 9.53. The molecule has 0 radical (unpaired) electrons. The largest absolute Gasteiger partial charge is 0.493 e. The molecule has 174 valence electrons. The molecule has 0 bridgehead atoms. The van der Waals surface area contributed by atoms with Crippen molar-refractivity contribution in [1.82, 2.24) is 9.55 Å². The van der Waals surface area contributed by atoms with Gasteiger partial charge in [-0.15, -0.1) is 0 Å². The van der Waals surface area contributed by atoms with Crippen LogP contribution in [0.1, 0.15) is 5.82 Å². The van der Waals surface area contributed by atoms with Gasteiger partial charge in [-0.25, -0.2) is 9.78 Å².